The Kier molecular flexibility index (Phi) is 4.78. The zero-order valence-electron chi connectivity index (χ0n) is 12.8. The lowest BCUT2D eigenvalue weighted by molar-refractivity contribution is -0.130. The van der Waals surface area contributed by atoms with Crippen LogP contribution in [0, 0.1) is 13.8 Å². The Balaban J connectivity index is 2.21. The fourth-order valence-corrected chi connectivity index (χ4v) is 2.71. The molecule has 0 bridgehead atoms. The SMILES string of the molecule is CCOCCN1C(=O)C(C)NC1c1ccc(C)cc1C. The first-order valence-corrected chi connectivity index (χ1v) is 7.26. The summed E-state index contributed by atoms with van der Waals surface area (Å²) in [4.78, 5) is 14.2. The predicted molar refractivity (Wildman–Crippen MR) is 79.5 cm³/mol. The smallest absolute Gasteiger partial charge is 0.241 e. The summed E-state index contributed by atoms with van der Waals surface area (Å²) < 4.78 is 5.39. The quantitative estimate of drug-likeness (QED) is 0.838. The van der Waals surface area contributed by atoms with E-state index in [4.69, 9.17) is 4.74 Å². The minimum Gasteiger partial charge on any atom is -0.380 e. The van der Waals surface area contributed by atoms with Gasteiger partial charge in [0.25, 0.3) is 0 Å². The molecule has 1 aromatic carbocycles. The lowest BCUT2D eigenvalue weighted by Gasteiger charge is -2.26. The molecule has 1 N–H and O–H groups in total. The Morgan fingerprint density at radius 2 is 2.10 bits per heavy atom. The molecule has 4 nitrogen and oxygen atoms in total. The topological polar surface area (TPSA) is 41.6 Å². The number of hydrogen-bond acceptors (Lipinski definition) is 3. The molecule has 2 rings (SSSR count). The molecular weight excluding hydrogens is 252 g/mol. The molecule has 0 saturated carbocycles. The van der Waals surface area contributed by atoms with Gasteiger partial charge in [0, 0.05) is 13.2 Å². The van der Waals surface area contributed by atoms with Crippen LogP contribution in [-0.2, 0) is 9.53 Å². The standard InChI is InChI=1S/C16H24N2O2/c1-5-20-9-8-18-15(17-13(4)16(18)19)14-7-6-11(2)10-12(14)3/h6-7,10,13,15,17H,5,8-9H2,1-4H3. The van der Waals surface area contributed by atoms with Crippen LogP contribution in [0.15, 0.2) is 18.2 Å². The summed E-state index contributed by atoms with van der Waals surface area (Å²) in [5, 5.41) is 3.38. The number of carbonyl (C=O) groups excluding carboxylic acids is 1. The van der Waals surface area contributed by atoms with Crippen LogP contribution in [0.1, 0.15) is 36.7 Å². The average molecular weight is 276 g/mol. The molecule has 2 unspecified atom stereocenters. The second kappa shape index (κ2) is 6.37. The third kappa shape index (κ3) is 3.02. The molecule has 1 heterocycles. The lowest BCUT2D eigenvalue weighted by atomic mass is 10.0. The van der Waals surface area contributed by atoms with E-state index in [9.17, 15) is 4.79 Å². The highest BCUT2D eigenvalue weighted by atomic mass is 16.5. The number of rotatable bonds is 5. The largest absolute Gasteiger partial charge is 0.380 e. The second-order valence-electron chi connectivity index (χ2n) is 5.38. The Morgan fingerprint density at radius 1 is 1.35 bits per heavy atom. The first-order valence-electron chi connectivity index (χ1n) is 7.26. The van der Waals surface area contributed by atoms with Crippen LogP contribution in [0.25, 0.3) is 0 Å². The van der Waals surface area contributed by atoms with Crippen molar-refractivity contribution >= 4 is 5.91 Å². The Morgan fingerprint density at radius 3 is 2.75 bits per heavy atom. The highest BCUT2D eigenvalue weighted by Crippen LogP contribution is 2.27. The van der Waals surface area contributed by atoms with Gasteiger partial charge >= 0.3 is 0 Å². The van der Waals surface area contributed by atoms with Gasteiger partial charge in [0.15, 0.2) is 0 Å². The van der Waals surface area contributed by atoms with Crippen molar-refractivity contribution in [1.82, 2.24) is 10.2 Å². The zero-order valence-corrected chi connectivity index (χ0v) is 12.8. The molecule has 1 fully saturated rings. The van der Waals surface area contributed by atoms with E-state index in [1.165, 1.54) is 16.7 Å². The number of hydrogen-bond donors (Lipinski definition) is 1. The van der Waals surface area contributed by atoms with Gasteiger partial charge in [-0.15, -0.1) is 0 Å². The first-order chi connectivity index (χ1) is 9.54. The van der Waals surface area contributed by atoms with Crippen LogP contribution in [0.2, 0.25) is 0 Å². The van der Waals surface area contributed by atoms with E-state index >= 15 is 0 Å². The highest BCUT2D eigenvalue weighted by molar-refractivity contribution is 5.84. The summed E-state index contributed by atoms with van der Waals surface area (Å²) in [6.45, 7) is 9.95. The maximum atomic E-state index is 12.3. The average Bonchev–Trinajstić information content (AvgIpc) is 2.67. The monoisotopic (exact) mass is 276 g/mol. The fourth-order valence-electron chi connectivity index (χ4n) is 2.71. The third-order valence-electron chi connectivity index (χ3n) is 3.77. The second-order valence-corrected chi connectivity index (χ2v) is 5.38. The third-order valence-corrected chi connectivity index (χ3v) is 3.77. The van der Waals surface area contributed by atoms with Gasteiger partial charge in [0.05, 0.1) is 12.6 Å². The molecule has 4 heteroatoms. The van der Waals surface area contributed by atoms with Crippen LogP contribution < -0.4 is 5.32 Å². The predicted octanol–water partition coefficient (Wildman–Crippen LogP) is 2.16. The van der Waals surface area contributed by atoms with Crippen LogP contribution >= 0.6 is 0 Å². The molecule has 0 aromatic heterocycles. The minimum absolute atomic E-state index is 0.0430. The van der Waals surface area contributed by atoms with Crippen molar-refractivity contribution in [2.75, 3.05) is 19.8 Å². The van der Waals surface area contributed by atoms with E-state index in [-0.39, 0.29) is 18.1 Å². The van der Waals surface area contributed by atoms with Gasteiger partial charge in [-0.2, -0.15) is 0 Å². The van der Waals surface area contributed by atoms with E-state index in [1.807, 2.05) is 18.7 Å². The number of aryl methyl sites for hydroxylation is 2. The number of nitrogens with one attached hydrogen (secondary N) is 1. The van der Waals surface area contributed by atoms with E-state index in [1.54, 1.807) is 0 Å². The van der Waals surface area contributed by atoms with Crippen molar-refractivity contribution in [2.45, 2.75) is 39.9 Å². The Hall–Kier alpha value is -1.39. The van der Waals surface area contributed by atoms with Gasteiger partial charge < -0.3 is 9.64 Å². The molecule has 2 atom stereocenters. The number of nitrogens with zero attached hydrogens (tertiary/aromatic N) is 1. The van der Waals surface area contributed by atoms with E-state index in [0.717, 1.165) is 0 Å². The van der Waals surface area contributed by atoms with Gasteiger partial charge in [-0.25, -0.2) is 0 Å². The molecule has 1 amide bonds. The summed E-state index contributed by atoms with van der Waals surface area (Å²) in [6.07, 6.45) is -0.0430. The fraction of sp³-hybridized carbons (Fsp3) is 0.562. The summed E-state index contributed by atoms with van der Waals surface area (Å²) >= 11 is 0. The van der Waals surface area contributed by atoms with Crippen molar-refractivity contribution in [3.8, 4) is 0 Å². The number of ether oxygens (including phenoxy) is 1. The lowest BCUT2D eigenvalue weighted by Crippen LogP contribution is -2.34. The molecule has 1 aliphatic rings. The highest BCUT2D eigenvalue weighted by Gasteiger charge is 2.37. The van der Waals surface area contributed by atoms with Crippen molar-refractivity contribution in [3.05, 3.63) is 34.9 Å². The summed E-state index contributed by atoms with van der Waals surface area (Å²) in [6, 6.07) is 6.23. The summed E-state index contributed by atoms with van der Waals surface area (Å²) in [7, 11) is 0. The maximum Gasteiger partial charge on any atom is 0.241 e. The minimum atomic E-state index is -0.137. The van der Waals surface area contributed by atoms with Crippen LogP contribution in [0.4, 0.5) is 0 Å². The Labute approximate surface area is 121 Å². The molecule has 20 heavy (non-hydrogen) atoms. The molecule has 0 spiro atoms. The number of carbonyl (C=O) groups is 1. The molecule has 0 radical (unpaired) electrons. The van der Waals surface area contributed by atoms with Crippen molar-refractivity contribution in [2.24, 2.45) is 0 Å². The summed E-state index contributed by atoms with van der Waals surface area (Å²) in [5.41, 5.74) is 3.63. The maximum absolute atomic E-state index is 12.3. The van der Waals surface area contributed by atoms with Crippen LogP contribution in [0.5, 0.6) is 0 Å². The van der Waals surface area contributed by atoms with Crippen molar-refractivity contribution < 1.29 is 9.53 Å². The van der Waals surface area contributed by atoms with Gasteiger partial charge in [-0.3, -0.25) is 10.1 Å². The number of amides is 1. The normalized spacial score (nSPS) is 22.6. The number of benzene rings is 1. The van der Waals surface area contributed by atoms with Crippen molar-refractivity contribution in [3.63, 3.8) is 0 Å². The first kappa shape index (κ1) is 15.0. The van der Waals surface area contributed by atoms with Gasteiger partial charge in [-0.05, 0) is 38.8 Å². The van der Waals surface area contributed by atoms with Gasteiger partial charge in [0.2, 0.25) is 5.91 Å². The molecule has 110 valence electrons. The molecule has 0 aliphatic carbocycles. The van der Waals surface area contributed by atoms with Gasteiger partial charge in [-0.1, -0.05) is 23.8 Å². The summed E-state index contributed by atoms with van der Waals surface area (Å²) in [5.74, 6) is 0.148. The molecular formula is C16H24N2O2. The van der Waals surface area contributed by atoms with E-state index in [2.05, 4.69) is 37.4 Å². The molecule has 1 aliphatic heterocycles. The van der Waals surface area contributed by atoms with Crippen LogP contribution in [-0.4, -0.2) is 36.6 Å². The van der Waals surface area contributed by atoms with Crippen LogP contribution in [0.3, 0.4) is 0 Å². The van der Waals surface area contributed by atoms with Gasteiger partial charge in [0.1, 0.15) is 6.17 Å². The Bertz CT molecular complexity index is 487. The van der Waals surface area contributed by atoms with E-state index < -0.39 is 0 Å². The zero-order chi connectivity index (χ0) is 14.7. The van der Waals surface area contributed by atoms with Crippen molar-refractivity contribution in [1.29, 1.82) is 0 Å². The molecule has 1 aromatic rings. The molecule has 1 saturated heterocycles. The van der Waals surface area contributed by atoms with E-state index in [0.29, 0.717) is 19.8 Å².